The molecule has 0 aliphatic carbocycles. The van der Waals surface area contributed by atoms with Gasteiger partial charge in [0.2, 0.25) is 5.91 Å². The molecular formula is C17H19N5O8. The minimum Gasteiger partial charge on any atom is -0.379 e. The molecule has 160 valence electrons. The van der Waals surface area contributed by atoms with Gasteiger partial charge < -0.3 is 15.4 Å². The molecule has 30 heavy (non-hydrogen) atoms. The number of amides is 3. The van der Waals surface area contributed by atoms with Crippen LogP contribution in [0.1, 0.15) is 6.42 Å². The number of anilines is 1. The van der Waals surface area contributed by atoms with Crippen molar-refractivity contribution < 1.29 is 29.0 Å². The predicted octanol–water partition coefficient (Wildman–Crippen LogP) is 0.363. The average Bonchev–Trinajstić information content (AvgIpc) is 3.02. The van der Waals surface area contributed by atoms with E-state index in [4.69, 9.17) is 4.74 Å². The monoisotopic (exact) mass is 421 g/mol. The summed E-state index contributed by atoms with van der Waals surface area (Å²) in [7, 11) is 0. The van der Waals surface area contributed by atoms with Crippen molar-refractivity contribution in [2.24, 2.45) is 0 Å². The highest BCUT2D eigenvalue weighted by Gasteiger charge is 2.22. The summed E-state index contributed by atoms with van der Waals surface area (Å²) in [5.74, 6) is -1.12. The van der Waals surface area contributed by atoms with E-state index < -0.39 is 33.0 Å². The van der Waals surface area contributed by atoms with E-state index >= 15 is 0 Å². The van der Waals surface area contributed by atoms with Crippen LogP contribution in [0, 0.1) is 20.2 Å². The Morgan fingerprint density at radius 2 is 1.73 bits per heavy atom. The van der Waals surface area contributed by atoms with Crippen LogP contribution in [0.3, 0.4) is 0 Å². The second-order valence-electron chi connectivity index (χ2n) is 6.02. The minimum absolute atomic E-state index is 0.0534. The molecule has 0 fully saturated rings. The lowest BCUT2D eigenvalue weighted by atomic mass is 10.2. The minimum atomic E-state index is -0.732. The third-order valence-electron chi connectivity index (χ3n) is 3.98. The van der Waals surface area contributed by atoms with Gasteiger partial charge in [0.1, 0.15) is 5.69 Å². The number of imide groups is 1. The molecule has 0 aromatic heterocycles. The molecule has 1 aliphatic heterocycles. The fourth-order valence-electron chi connectivity index (χ4n) is 2.50. The molecular weight excluding hydrogens is 402 g/mol. The fourth-order valence-corrected chi connectivity index (χ4v) is 2.50. The lowest BCUT2D eigenvalue weighted by Gasteiger charge is -2.13. The third-order valence-corrected chi connectivity index (χ3v) is 3.98. The summed E-state index contributed by atoms with van der Waals surface area (Å²) in [5.41, 5.74) is -0.729. The zero-order valence-corrected chi connectivity index (χ0v) is 15.7. The number of ether oxygens (including phenoxy) is 1. The molecule has 3 amide bonds. The van der Waals surface area contributed by atoms with Gasteiger partial charge in [-0.3, -0.25) is 39.5 Å². The summed E-state index contributed by atoms with van der Waals surface area (Å²) in [6.45, 7) is 0.631. The molecule has 1 aliphatic rings. The number of nitrogens with one attached hydrogen (secondary N) is 2. The van der Waals surface area contributed by atoms with Gasteiger partial charge in [0.25, 0.3) is 23.2 Å². The summed E-state index contributed by atoms with van der Waals surface area (Å²) in [6.07, 6.45) is 2.40. The molecule has 0 saturated heterocycles. The average molecular weight is 421 g/mol. The summed E-state index contributed by atoms with van der Waals surface area (Å²) in [5, 5.41) is 27.1. The standard InChI is InChI=1S/C17H19N5O8/c23-15(5-9-30-10-8-20-16(24)3-4-17(20)25)19-7-6-18-13-2-1-12(21(26)27)11-14(13)22(28)29/h1-4,11,18H,5-10H2,(H,19,23). The maximum absolute atomic E-state index is 11.7. The Kier molecular flexibility index (Phi) is 7.93. The van der Waals surface area contributed by atoms with E-state index in [0.29, 0.717) is 0 Å². The highest BCUT2D eigenvalue weighted by atomic mass is 16.6. The molecule has 13 heteroatoms. The Morgan fingerprint density at radius 3 is 2.37 bits per heavy atom. The Morgan fingerprint density at radius 1 is 1.03 bits per heavy atom. The van der Waals surface area contributed by atoms with Crippen LogP contribution >= 0.6 is 0 Å². The van der Waals surface area contributed by atoms with Crippen LogP contribution < -0.4 is 10.6 Å². The smallest absolute Gasteiger partial charge is 0.299 e. The molecule has 1 aromatic rings. The molecule has 13 nitrogen and oxygen atoms in total. The first-order chi connectivity index (χ1) is 14.3. The number of carbonyl (C=O) groups is 3. The maximum Gasteiger partial charge on any atom is 0.299 e. The highest BCUT2D eigenvalue weighted by Crippen LogP contribution is 2.28. The fraction of sp³-hybridized carbons (Fsp3) is 0.353. The maximum atomic E-state index is 11.7. The number of hydrogen-bond acceptors (Lipinski definition) is 9. The Hall–Kier alpha value is -3.87. The second-order valence-corrected chi connectivity index (χ2v) is 6.02. The molecule has 0 atom stereocenters. The van der Waals surface area contributed by atoms with Crippen molar-refractivity contribution in [1.82, 2.24) is 10.2 Å². The summed E-state index contributed by atoms with van der Waals surface area (Å²) >= 11 is 0. The van der Waals surface area contributed by atoms with Crippen LogP contribution in [0.5, 0.6) is 0 Å². The van der Waals surface area contributed by atoms with E-state index in [2.05, 4.69) is 10.6 Å². The van der Waals surface area contributed by atoms with Crippen molar-refractivity contribution in [3.8, 4) is 0 Å². The number of nitrogens with zero attached hydrogens (tertiary/aromatic N) is 3. The van der Waals surface area contributed by atoms with E-state index in [9.17, 15) is 34.6 Å². The largest absolute Gasteiger partial charge is 0.379 e. The van der Waals surface area contributed by atoms with Gasteiger partial charge in [-0.25, -0.2) is 0 Å². The molecule has 2 N–H and O–H groups in total. The zero-order valence-electron chi connectivity index (χ0n) is 15.7. The van der Waals surface area contributed by atoms with Crippen molar-refractivity contribution in [3.05, 3.63) is 50.6 Å². The Bertz CT molecular complexity index is 867. The van der Waals surface area contributed by atoms with Crippen LogP contribution in [-0.2, 0) is 19.1 Å². The number of carbonyl (C=O) groups excluding carboxylic acids is 3. The van der Waals surface area contributed by atoms with Crippen LogP contribution in [-0.4, -0.2) is 65.3 Å². The van der Waals surface area contributed by atoms with Crippen LogP contribution in [0.4, 0.5) is 17.1 Å². The third kappa shape index (κ3) is 6.34. The van der Waals surface area contributed by atoms with Gasteiger partial charge in [-0.1, -0.05) is 0 Å². The molecule has 2 rings (SSSR count). The normalized spacial score (nSPS) is 12.9. The second kappa shape index (κ2) is 10.6. The SMILES string of the molecule is O=C(CCOCCN1C(=O)C=CC1=O)NCCNc1ccc([N+](=O)[O-])cc1[N+](=O)[O-]. The first-order valence-corrected chi connectivity index (χ1v) is 8.84. The zero-order chi connectivity index (χ0) is 22.1. The van der Waals surface area contributed by atoms with Crippen molar-refractivity contribution >= 4 is 34.8 Å². The van der Waals surface area contributed by atoms with Crippen LogP contribution in [0.25, 0.3) is 0 Å². The first-order valence-electron chi connectivity index (χ1n) is 8.84. The topological polar surface area (TPSA) is 174 Å². The van der Waals surface area contributed by atoms with Gasteiger partial charge in [0.15, 0.2) is 0 Å². The van der Waals surface area contributed by atoms with Gasteiger partial charge in [0.05, 0.1) is 35.7 Å². The summed E-state index contributed by atoms with van der Waals surface area (Å²) < 4.78 is 5.23. The molecule has 1 aromatic carbocycles. The number of rotatable bonds is 12. The number of nitro benzene ring substituents is 2. The quantitative estimate of drug-likeness (QED) is 0.209. The van der Waals surface area contributed by atoms with E-state index in [1.165, 1.54) is 18.2 Å². The van der Waals surface area contributed by atoms with E-state index in [1.807, 2.05) is 0 Å². The van der Waals surface area contributed by atoms with Crippen molar-refractivity contribution in [1.29, 1.82) is 0 Å². The van der Waals surface area contributed by atoms with Crippen LogP contribution in [0.15, 0.2) is 30.4 Å². The number of hydrogen-bond donors (Lipinski definition) is 2. The number of non-ortho nitro benzene ring substituents is 1. The lowest BCUT2D eigenvalue weighted by molar-refractivity contribution is -0.393. The van der Waals surface area contributed by atoms with Gasteiger partial charge in [-0.05, 0) is 6.07 Å². The Labute approximate surface area is 170 Å². The van der Waals surface area contributed by atoms with Crippen molar-refractivity contribution in [2.75, 3.05) is 38.2 Å². The van der Waals surface area contributed by atoms with E-state index in [-0.39, 0.29) is 50.9 Å². The summed E-state index contributed by atoms with van der Waals surface area (Å²) in [4.78, 5) is 55.7. The molecule has 0 saturated carbocycles. The molecule has 0 unspecified atom stereocenters. The van der Waals surface area contributed by atoms with E-state index in [1.54, 1.807) is 0 Å². The predicted molar refractivity (Wildman–Crippen MR) is 103 cm³/mol. The van der Waals surface area contributed by atoms with Crippen molar-refractivity contribution in [3.63, 3.8) is 0 Å². The van der Waals surface area contributed by atoms with Gasteiger partial charge >= 0.3 is 0 Å². The number of benzene rings is 1. The van der Waals surface area contributed by atoms with Gasteiger partial charge in [-0.15, -0.1) is 0 Å². The number of nitro groups is 2. The molecule has 0 radical (unpaired) electrons. The molecule has 1 heterocycles. The molecule has 0 bridgehead atoms. The van der Waals surface area contributed by atoms with Gasteiger partial charge in [-0.2, -0.15) is 0 Å². The summed E-state index contributed by atoms with van der Waals surface area (Å²) in [6, 6.07) is 3.24. The van der Waals surface area contributed by atoms with E-state index in [0.717, 1.165) is 17.0 Å². The van der Waals surface area contributed by atoms with Gasteiger partial charge in [0, 0.05) is 37.7 Å². The molecule has 0 spiro atoms. The first kappa shape index (κ1) is 22.4. The van der Waals surface area contributed by atoms with Crippen molar-refractivity contribution in [2.45, 2.75) is 6.42 Å². The van der Waals surface area contributed by atoms with Crippen LogP contribution in [0.2, 0.25) is 0 Å². The lowest BCUT2D eigenvalue weighted by Crippen LogP contribution is -2.33. The Balaban J connectivity index is 1.63. The highest BCUT2D eigenvalue weighted by molar-refractivity contribution is 6.12.